The lowest BCUT2D eigenvalue weighted by Crippen LogP contribution is -2.06. The Morgan fingerprint density at radius 2 is 0.561 bits per heavy atom. The van der Waals surface area contributed by atoms with Gasteiger partial charge >= 0.3 is 0 Å². The Morgan fingerprint density at radius 1 is 0.255 bits per heavy atom. The topological polar surface area (TPSA) is 100 Å². The van der Waals surface area contributed by atoms with Crippen molar-refractivity contribution < 1.29 is 0 Å². The molecule has 0 amide bonds. The predicted molar refractivity (Wildman–Crippen MR) is 399 cm³/mol. The third kappa shape index (κ3) is 10.5. The van der Waals surface area contributed by atoms with Crippen LogP contribution >= 0.6 is 0 Å². The van der Waals surface area contributed by atoms with E-state index < -0.39 is 0 Å². The Bertz CT molecular complexity index is 5630. The van der Waals surface area contributed by atoms with Gasteiger partial charge in [-0.3, -0.25) is 0 Å². The Labute approximate surface area is 566 Å². The van der Waals surface area contributed by atoms with Crippen LogP contribution in [0, 0.1) is 29.2 Å². The summed E-state index contributed by atoms with van der Waals surface area (Å²) in [5.74, 6) is 1.19. The van der Waals surface area contributed by atoms with Crippen LogP contribution in [-0.2, 0) is 0 Å². The summed E-state index contributed by atoms with van der Waals surface area (Å²) in [6, 6.07) is 118. The Morgan fingerprint density at radius 3 is 0.959 bits per heavy atom. The average Bonchev–Trinajstić information content (AvgIpc) is 1.58. The van der Waals surface area contributed by atoms with Gasteiger partial charge in [0, 0.05) is 38.2 Å². The highest BCUT2D eigenvalue weighted by atomic mass is 15.1. The summed E-state index contributed by atoms with van der Waals surface area (Å²) in [5, 5.41) is 24.9. The molecule has 454 valence electrons. The van der Waals surface area contributed by atoms with Crippen LogP contribution in [0.2, 0.25) is 0 Å². The lowest BCUT2D eigenvalue weighted by Gasteiger charge is -2.19. The Kier molecular flexibility index (Phi) is 14.5. The zero-order chi connectivity index (χ0) is 65.6. The SMILES string of the molecule is [C-]#[N+]c1cccc(-c2ccc(-n3c4ccc(-c5ccccc5)cc4c4cc(-c5ccccc5)ccc43)c(-c3nc(-c4ccccc4-c4cccc(C#N)c4)nc(-c4cc(-c5cccc(C#N)c5)ccc4-n4c5ccc(-c6ccccc6)cc5c5cc(-c6ccccc6)ccc54)n3)c2)c1. The van der Waals surface area contributed by atoms with E-state index in [0.717, 1.165) is 138 Å². The fraction of sp³-hybridized carbons (Fsp3) is 0. The zero-order valence-corrected chi connectivity index (χ0v) is 52.8. The van der Waals surface area contributed by atoms with Crippen molar-refractivity contribution in [3.8, 4) is 136 Å². The van der Waals surface area contributed by atoms with Gasteiger partial charge in [0.15, 0.2) is 23.2 Å². The molecule has 0 aliphatic rings. The van der Waals surface area contributed by atoms with Gasteiger partial charge in [0.2, 0.25) is 0 Å². The Balaban J connectivity index is 0.985. The van der Waals surface area contributed by atoms with E-state index in [4.69, 9.17) is 21.5 Å². The average molecular weight is 1250 g/mol. The molecule has 0 N–H and O–H groups in total. The molecule has 0 unspecified atom stereocenters. The van der Waals surface area contributed by atoms with Crippen molar-refractivity contribution in [2.75, 3.05) is 0 Å². The fourth-order valence-electron chi connectivity index (χ4n) is 13.9. The molecule has 8 nitrogen and oxygen atoms in total. The standard InChI is InChI=1S/C90H54N8/c1-93-73-32-18-30-65(49-73)71-40-46-87(98-84-43-37-68(62-25-10-4-11-26-62)52-78(84)79-53-69(38-44-85(79)98)63-27-12-5-13-28-63)81(55-71)90-95-88(75-34-15-14-33-74(75)72-31-17-20-59(48-72)57-92)94-89(96-90)80-54-70(64-29-16-19-58(47-64)56-91)39-45-86(80)97-82-41-35-66(60-21-6-2-7-22-60)50-76(82)77-51-67(36-42-83(77)97)61-23-8-3-9-24-61/h2-55H. The van der Waals surface area contributed by atoms with E-state index in [1.165, 1.54) is 0 Å². The van der Waals surface area contributed by atoms with E-state index in [2.05, 4.69) is 238 Å². The lowest BCUT2D eigenvalue weighted by atomic mass is 9.97. The number of hydrogen-bond donors (Lipinski definition) is 0. The molecule has 0 aliphatic heterocycles. The lowest BCUT2D eigenvalue weighted by molar-refractivity contribution is 1.06. The summed E-state index contributed by atoms with van der Waals surface area (Å²) in [4.78, 5) is 21.2. The molecule has 98 heavy (non-hydrogen) atoms. The van der Waals surface area contributed by atoms with Crippen LogP contribution in [0.5, 0.6) is 0 Å². The van der Waals surface area contributed by atoms with E-state index in [1.807, 2.05) is 115 Å². The third-order valence-electron chi connectivity index (χ3n) is 18.7. The third-order valence-corrected chi connectivity index (χ3v) is 18.7. The van der Waals surface area contributed by atoms with Crippen molar-refractivity contribution in [1.82, 2.24) is 24.1 Å². The second-order valence-corrected chi connectivity index (χ2v) is 24.4. The van der Waals surface area contributed by atoms with E-state index >= 15 is 0 Å². The maximum Gasteiger partial charge on any atom is 0.187 e. The fourth-order valence-corrected chi connectivity index (χ4v) is 13.9. The van der Waals surface area contributed by atoms with Gasteiger partial charge in [-0.1, -0.05) is 224 Å². The molecule has 14 aromatic carbocycles. The highest BCUT2D eigenvalue weighted by Gasteiger charge is 2.26. The van der Waals surface area contributed by atoms with Crippen LogP contribution in [0.4, 0.5) is 5.69 Å². The number of fused-ring (bicyclic) bond motifs is 6. The summed E-state index contributed by atoms with van der Waals surface area (Å²) in [6.45, 7) is 8.12. The van der Waals surface area contributed by atoms with Gasteiger partial charge in [-0.05, 0) is 181 Å². The molecule has 17 aromatic rings. The monoisotopic (exact) mass is 1250 g/mol. The summed E-state index contributed by atoms with van der Waals surface area (Å²) in [7, 11) is 0. The van der Waals surface area contributed by atoms with Crippen molar-refractivity contribution >= 4 is 49.3 Å². The molecule has 0 saturated carbocycles. The first-order chi connectivity index (χ1) is 48.4. The van der Waals surface area contributed by atoms with Crippen molar-refractivity contribution in [2.45, 2.75) is 0 Å². The zero-order valence-electron chi connectivity index (χ0n) is 52.8. The largest absolute Gasteiger partial charge is 0.308 e. The molecular formula is C90H54N8. The van der Waals surface area contributed by atoms with E-state index in [-0.39, 0.29) is 0 Å². The van der Waals surface area contributed by atoms with Crippen LogP contribution in [-0.4, -0.2) is 24.1 Å². The van der Waals surface area contributed by atoms with Crippen molar-refractivity contribution in [1.29, 1.82) is 10.5 Å². The molecule has 0 spiro atoms. The number of aromatic nitrogens is 5. The maximum atomic E-state index is 10.3. The first kappa shape index (κ1) is 58.0. The molecule has 3 aromatic heterocycles. The number of nitriles is 2. The second-order valence-electron chi connectivity index (χ2n) is 24.4. The molecule has 0 bridgehead atoms. The van der Waals surface area contributed by atoms with Crippen LogP contribution in [0.25, 0.3) is 172 Å². The number of rotatable bonds is 12. The summed E-state index contributed by atoms with van der Waals surface area (Å²) >= 11 is 0. The summed E-state index contributed by atoms with van der Waals surface area (Å²) in [5.41, 5.74) is 23.2. The van der Waals surface area contributed by atoms with Gasteiger partial charge < -0.3 is 9.13 Å². The predicted octanol–water partition coefficient (Wildman–Crippen LogP) is 23.0. The van der Waals surface area contributed by atoms with Crippen molar-refractivity contribution in [3.05, 3.63) is 350 Å². The van der Waals surface area contributed by atoms with Gasteiger partial charge in [-0.2, -0.15) is 10.5 Å². The van der Waals surface area contributed by atoms with Crippen LogP contribution in [0.15, 0.2) is 328 Å². The summed E-state index contributed by atoms with van der Waals surface area (Å²) in [6.07, 6.45) is 0. The maximum absolute atomic E-state index is 10.3. The van der Waals surface area contributed by atoms with Gasteiger partial charge in [0.1, 0.15) is 0 Å². The molecule has 17 rings (SSSR count). The highest BCUT2D eigenvalue weighted by molar-refractivity contribution is 6.14. The second kappa shape index (κ2) is 24.6. The number of benzene rings is 14. The minimum atomic E-state index is 0.393. The van der Waals surface area contributed by atoms with Crippen LogP contribution in [0.1, 0.15) is 11.1 Å². The number of nitrogens with zero attached hydrogens (tertiary/aromatic N) is 8. The molecule has 0 atom stereocenters. The van der Waals surface area contributed by atoms with E-state index in [0.29, 0.717) is 45.4 Å². The quantitative estimate of drug-likeness (QED) is 0.113. The van der Waals surface area contributed by atoms with Gasteiger partial charge in [0.05, 0.1) is 63.3 Å². The minimum absolute atomic E-state index is 0.393. The van der Waals surface area contributed by atoms with Crippen molar-refractivity contribution in [2.24, 2.45) is 0 Å². The van der Waals surface area contributed by atoms with Crippen LogP contribution in [0.3, 0.4) is 0 Å². The smallest absolute Gasteiger partial charge is 0.187 e. The molecule has 0 radical (unpaired) electrons. The minimum Gasteiger partial charge on any atom is -0.308 e. The molecular weight excluding hydrogens is 1190 g/mol. The first-order valence-electron chi connectivity index (χ1n) is 32.4. The van der Waals surface area contributed by atoms with Crippen LogP contribution < -0.4 is 0 Å². The normalized spacial score (nSPS) is 11.2. The van der Waals surface area contributed by atoms with Gasteiger partial charge in [-0.25, -0.2) is 19.8 Å². The van der Waals surface area contributed by atoms with E-state index in [1.54, 1.807) is 0 Å². The molecule has 0 fully saturated rings. The first-order valence-corrected chi connectivity index (χ1v) is 32.4. The highest BCUT2D eigenvalue weighted by Crippen LogP contribution is 2.45. The molecule has 3 heterocycles. The van der Waals surface area contributed by atoms with Gasteiger partial charge in [-0.15, -0.1) is 0 Å². The van der Waals surface area contributed by atoms with Crippen molar-refractivity contribution in [3.63, 3.8) is 0 Å². The Hall–Kier alpha value is -13.8. The van der Waals surface area contributed by atoms with E-state index in [9.17, 15) is 10.5 Å². The molecule has 8 heteroatoms. The van der Waals surface area contributed by atoms with Gasteiger partial charge in [0.25, 0.3) is 0 Å². The summed E-state index contributed by atoms with van der Waals surface area (Å²) < 4.78 is 4.68. The molecule has 0 saturated heterocycles. The number of hydrogen-bond acceptors (Lipinski definition) is 5. The molecule has 0 aliphatic carbocycles.